The van der Waals surface area contributed by atoms with E-state index in [2.05, 4.69) is 10.2 Å². The number of hydrogen-bond acceptors (Lipinski definition) is 4. The molecule has 1 aromatic rings. The van der Waals surface area contributed by atoms with Gasteiger partial charge in [-0.3, -0.25) is 4.79 Å². The van der Waals surface area contributed by atoms with Crippen LogP contribution < -0.4 is 10.2 Å². The standard InChI is InChI=1S/C13H16N2O4/c1-9(16)14-12-3-2-10(8-11(12)13(17)18)15-4-6-19-7-5-15/h2-3,8H,4-7H2,1H3,(H,14,16)(H,17,18). The highest BCUT2D eigenvalue weighted by molar-refractivity contribution is 6.00. The molecule has 1 heterocycles. The van der Waals surface area contributed by atoms with E-state index in [1.54, 1.807) is 12.1 Å². The summed E-state index contributed by atoms with van der Waals surface area (Å²) in [5.41, 5.74) is 1.24. The minimum atomic E-state index is -1.06. The molecule has 0 unspecified atom stereocenters. The molecule has 6 heteroatoms. The molecule has 1 aliphatic rings. The van der Waals surface area contributed by atoms with Crippen molar-refractivity contribution in [2.75, 3.05) is 36.5 Å². The molecule has 0 aliphatic carbocycles. The highest BCUT2D eigenvalue weighted by Gasteiger charge is 2.16. The van der Waals surface area contributed by atoms with Crippen molar-refractivity contribution >= 4 is 23.3 Å². The van der Waals surface area contributed by atoms with Gasteiger partial charge in [-0.1, -0.05) is 0 Å². The normalized spacial score (nSPS) is 15.1. The monoisotopic (exact) mass is 264 g/mol. The molecular formula is C13H16N2O4. The molecule has 19 heavy (non-hydrogen) atoms. The molecule has 0 spiro atoms. The Kier molecular flexibility index (Phi) is 4.01. The van der Waals surface area contributed by atoms with E-state index in [1.807, 2.05) is 6.07 Å². The Labute approximate surface area is 111 Å². The summed E-state index contributed by atoms with van der Waals surface area (Å²) in [6.07, 6.45) is 0. The van der Waals surface area contributed by atoms with Gasteiger partial charge in [0.2, 0.25) is 5.91 Å². The SMILES string of the molecule is CC(=O)Nc1ccc(N2CCOCC2)cc1C(=O)O. The summed E-state index contributed by atoms with van der Waals surface area (Å²) in [6.45, 7) is 4.09. The zero-order valence-corrected chi connectivity index (χ0v) is 10.7. The van der Waals surface area contributed by atoms with E-state index >= 15 is 0 Å². The topological polar surface area (TPSA) is 78.9 Å². The van der Waals surface area contributed by atoms with E-state index in [0.29, 0.717) is 18.9 Å². The molecule has 0 saturated carbocycles. The quantitative estimate of drug-likeness (QED) is 0.857. The Hall–Kier alpha value is -2.08. The molecule has 0 atom stereocenters. The molecular weight excluding hydrogens is 248 g/mol. The molecule has 6 nitrogen and oxygen atoms in total. The van der Waals surface area contributed by atoms with Crippen LogP contribution in [0.1, 0.15) is 17.3 Å². The summed E-state index contributed by atoms with van der Waals surface area (Å²) in [7, 11) is 0. The minimum Gasteiger partial charge on any atom is -0.478 e. The highest BCUT2D eigenvalue weighted by Crippen LogP contribution is 2.24. The molecule has 0 radical (unpaired) electrons. The number of morpholine rings is 1. The second-order valence-corrected chi connectivity index (χ2v) is 4.32. The van der Waals surface area contributed by atoms with Crippen molar-refractivity contribution in [1.29, 1.82) is 0 Å². The summed E-state index contributed by atoms with van der Waals surface area (Å²) >= 11 is 0. The lowest BCUT2D eigenvalue weighted by molar-refractivity contribution is -0.114. The average molecular weight is 264 g/mol. The largest absolute Gasteiger partial charge is 0.478 e. The summed E-state index contributed by atoms with van der Waals surface area (Å²) in [5.74, 6) is -1.35. The van der Waals surface area contributed by atoms with Gasteiger partial charge in [-0.15, -0.1) is 0 Å². The van der Waals surface area contributed by atoms with Crippen LogP contribution in [0.15, 0.2) is 18.2 Å². The van der Waals surface area contributed by atoms with Crippen LogP contribution in [0.5, 0.6) is 0 Å². The molecule has 1 aromatic carbocycles. The lowest BCUT2D eigenvalue weighted by Crippen LogP contribution is -2.36. The van der Waals surface area contributed by atoms with Crippen LogP contribution in [-0.4, -0.2) is 43.3 Å². The minimum absolute atomic E-state index is 0.0965. The Morgan fingerprint density at radius 2 is 2.00 bits per heavy atom. The lowest BCUT2D eigenvalue weighted by Gasteiger charge is -2.29. The number of ether oxygens (including phenoxy) is 1. The van der Waals surface area contributed by atoms with E-state index in [9.17, 15) is 14.7 Å². The van der Waals surface area contributed by atoms with Crippen LogP contribution in [-0.2, 0) is 9.53 Å². The van der Waals surface area contributed by atoms with Gasteiger partial charge in [0.1, 0.15) is 0 Å². The second kappa shape index (κ2) is 5.71. The van der Waals surface area contributed by atoms with Crippen LogP contribution in [0.3, 0.4) is 0 Å². The molecule has 1 aliphatic heterocycles. The van der Waals surface area contributed by atoms with Gasteiger partial charge in [0, 0.05) is 25.7 Å². The maximum atomic E-state index is 11.2. The van der Waals surface area contributed by atoms with Gasteiger partial charge in [-0.25, -0.2) is 4.79 Å². The van der Waals surface area contributed by atoms with Gasteiger partial charge >= 0.3 is 5.97 Å². The highest BCUT2D eigenvalue weighted by atomic mass is 16.5. The van der Waals surface area contributed by atoms with Crippen LogP contribution in [0.25, 0.3) is 0 Å². The number of rotatable bonds is 3. The number of carbonyl (C=O) groups is 2. The number of hydrogen-bond donors (Lipinski definition) is 2. The van der Waals surface area contributed by atoms with E-state index < -0.39 is 5.97 Å². The lowest BCUT2D eigenvalue weighted by atomic mass is 10.1. The Morgan fingerprint density at radius 3 is 2.58 bits per heavy atom. The Balaban J connectivity index is 2.29. The molecule has 2 rings (SSSR count). The number of carboxylic acids is 1. The maximum absolute atomic E-state index is 11.2. The van der Waals surface area contributed by atoms with Crippen LogP contribution in [0.4, 0.5) is 11.4 Å². The third kappa shape index (κ3) is 3.23. The van der Waals surface area contributed by atoms with Crippen molar-refractivity contribution < 1.29 is 19.4 Å². The first-order valence-corrected chi connectivity index (χ1v) is 6.05. The van der Waals surface area contributed by atoms with Crippen molar-refractivity contribution in [2.24, 2.45) is 0 Å². The third-order valence-corrected chi connectivity index (χ3v) is 2.92. The first-order chi connectivity index (χ1) is 9.08. The number of nitrogens with zero attached hydrogens (tertiary/aromatic N) is 1. The first-order valence-electron chi connectivity index (χ1n) is 6.05. The average Bonchev–Trinajstić information content (AvgIpc) is 2.39. The molecule has 102 valence electrons. The summed E-state index contributed by atoms with van der Waals surface area (Å²) in [5, 5.41) is 11.7. The smallest absolute Gasteiger partial charge is 0.337 e. The molecule has 1 saturated heterocycles. The van der Waals surface area contributed by atoms with E-state index in [0.717, 1.165) is 18.8 Å². The first kappa shape index (κ1) is 13.4. The molecule has 2 N–H and O–H groups in total. The van der Waals surface area contributed by atoms with Crippen LogP contribution in [0, 0.1) is 0 Å². The van der Waals surface area contributed by atoms with Crippen molar-refractivity contribution in [3.8, 4) is 0 Å². The van der Waals surface area contributed by atoms with Crippen molar-refractivity contribution in [3.05, 3.63) is 23.8 Å². The Bertz CT molecular complexity index is 495. The fraction of sp³-hybridized carbons (Fsp3) is 0.385. The number of carboxylic acid groups (broad SMARTS) is 1. The van der Waals surface area contributed by atoms with Gasteiger partial charge in [0.25, 0.3) is 0 Å². The predicted molar refractivity (Wildman–Crippen MR) is 70.7 cm³/mol. The van der Waals surface area contributed by atoms with E-state index in [4.69, 9.17) is 4.74 Å². The molecule has 1 fully saturated rings. The van der Waals surface area contributed by atoms with E-state index in [-0.39, 0.29) is 11.5 Å². The van der Waals surface area contributed by atoms with Gasteiger partial charge in [-0.05, 0) is 18.2 Å². The van der Waals surface area contributed by atoms with Gasteiger partial charge in [0.05, 0.1) is 24.5 Å². The third-order valence-electron chi connectivity index (χ3n) is 2.92. The van der Waals surface area contributed by atoms with Gasteiger partial charge in [-0.2, -0.15) is 0 Å². The number of aromatic carboxylic acids is 1. The second-order valence-electron chi connectivity index (χ2n) is 4.32. The predicted octanol–water partition coefficient (Wildman–Crippen LogP) is 1.18. The van der Waals surface area contributed by atoms with E-state index in [1.165, 1.54) is 6.92 Å². The summed E-state index contributed by atoms with van der Waals surface area (Å²) < 4.78 is 5.26. The zero-order valence-electron chi connectivity index (χ0n) is 10.7. The molecule has 0 aromatic heterocycles. The summed E-state index contributed by atoms with van der Waals surface area (Å²) in [4.78, 5) is 24.4. The fourth-order valence-electron chi connectivity index (χ4n) is 2.03. The van der Waals surface area contributed by atoms with Crippen LogP contribution >= 0.6 is 0 Å². The zero-order chi connectivity index (χ0) is 13.8. The number of amides is 1. The molecule has 1 amide bonds. The summed E-state index contributed by atoms with van der Waals surface area (Å²) in [6, 6.07) is 5.01. The van der Waals surface area contributed by atoms with Gasteiger partial charge in [0.15, 0.2) is 0 Å². The Morgan fingerprint density at radius 1 is 1.32 bits per heavy atom. The van der Waals surface area contributed by atoms with Crippen LogP contribution in [0.2, 0.25) is 0 Å². The van der Waals surface area contributed by atoms with Gasteiger partial charge < -0.3 is 20.1 Å². The van der Waals surface area contributed by atoms with Crippen molar-refractivity contribution in [1.82, 2.24) is 0 Å². The number of anilines is 2. The molecule has 0 bridgehead atoms. The number of carbonyl (C=O) groups excluding carboxylic acids is 1. The number of nitrogens with one attached hydrogen (secondary N) is 1. The number of benzene rings is 1. The fourth-order valence-corrected chi connectivity index (χ4v) is 2.03. The maximum Gasteiger partial charge on any atom is 0.337 e. The van der Waals surface area contributed by atoms with Crippen molar-refractivity contribution in [2.45, 2.75) is 6.92 Å². The van der Waals surface area contributed by atoms with Crippen molar-refractivity contribution in [3.63, 3.8) is 0 Å².